The van der Waals surface area contributed by atoms with Crippen LogP contribution < -0.4 is 20.3 Å². The molecule has 2 saturated heterocycles. The van der Waals surface area contributed by atoms with Gasteiger partial charge in [0, 0.05) is 66.2 Å². The number of piperidine rings is 1. The molecule has 3 aromatic carbocycles. The van der Waals surface area contributed by atoms with Gasteiger partial charge in [0.05, 0.1) is 0 Å². The van der Waals surface area contributed by atoms with Crippen molar-refractivity contribution in [1.82, 2.24) is 14.9 Å². The topological polar surface area (TPSA) is 85.8 Å². The summed E-state index contributed by atoms with van der Waals surface area (Å²) in [7, 11) is 0. The van der Waals surface area contributed by atoms with Crippen LogP contribution in [0.4, 0.5) is 21.7 Å². The molecule has 0 radical (unpaired) electrons. The molecule has 41 heavy (non-hydrogen) atoms. The minimum Gasteiger partial charge on any atom is -0.438 e. The summed E-state index contributed by atoms with van der Waals surface area (Å²) >= 11 is 0. The number of benzene rings is 3. The van der Waals surface area contributed by atoms with Crippen LogP contribution in [0.3, 0.4) is 0 Å². The monoisotopic (exact) mass is 556 g/mol. The van der Waals surface area contributed by atoms with Crippen molar-refractivity contribution in [3.63, 3.8) is 0 Å². The first-order valence-corrected chi connectivity index (χ1v) is 14.6. The Balaban J connectivity index is 1.17. The van der Waals surface area contributed by atoms with Crippen molar-refractivity contribution in [3.05, 3.63) is 78.2 Å². The molecule has 2 aliphatic heterocycles. The summed E-state index contributed by atoms with van der Waals surface area (Å²) in [5, 5.41) is 19.3. The highest BCUT2D eigenvalue weighted by Gasteiger charge is 2.17. The normalized spacial score (nSPS) is 16.6. The van der Waals surface area contributed by atoms with E-state index in [1.165, 1.54) is 25.3 Å². The third-order valence-electron chi connectivity index (χ3n) is 7.87. The van der Waals surface area contributed by atoms with E-state index in [1.54, 1.807) is 18.3 Å². The van der Waals surface area contributed by atoms with Crippen molar-refractivity contribution in [2.24, 2.45) is 0 Å². The zero-order chi connectivity index (χ0) is 28.0. The van der Waals surface area contributed by atoms with Crippen LogP contribution in [0.5, 0.6) is 11.6 Å². The number of fused-ring (bicyclic) bond motifs is 1. The Morgan fingerprint density at radius 2 is 1.68 bits per heavy atom. The fourth-order valence-electron chi connectivity index (χ4n) is 5.73. The summed E-state index contributed by atoms with van der Waals surface area (Å²) in [6.07, 6.45) is 6.53. The van der Waals surface area contributed by atoms with Gasteiger partial charge in [0.2, 0.25) is 11.8 Å². The van der Waals surface area contributed by atoms with E-state index in [4.69, 9.17) is 4.74 Å². The van der Waals surface area contributed by atoms with Crippen LogP contribution in [0.15, 0.2) is 66.9 Å². The number of rotatable bonds is 10. The second-order valence-electron chi connectivity index (χ2n) is 10.8. The minimum absolute atomic E-state index is 0.354. The molecule has 0 saturated carbocycles. The molecule has 214 valence electrons. The second kappa shape index (κ2) is 12.7. The molecule has 6 rings (SSSR count). The van der Waals surface area contributed by atoms with Gasteiger partial charge in [-0.05, 0) is 75.5 Å². The molecule has 1 aromatic heterocycles. The number of ether oxygens (including phenoxy) is 1. The highest BCUT2D eigenvalue weighted by molar-refractivity contribution is 5.98. The number of aliphatic hydroxyl groups is 1. The van der Waals surface area contributed by atoms with E-state index in [0.29, 0.717) is 23.1 Å². The van der Waals surface area contributed by atoms with Gasteiger partial charge in [-0.25, -0.2) is 9.37 Å². The lowest BCUT2D eigenvalue weighted by Gasteiger charge is -2.29. The molecule has 8 nitrogen and oxygen atoms in total. The maximum absolute atomic E-state index is 14.6. The van der Waals surface area contributed by atoms with Gasteiger partial charge in [0.1, 0.15) is 11.6 Å². The predicted octanol–water partition coefficient (Wildman–Crippen LogP) is 6.16. The van der Waals surface area contributed by atoms with E-state index in [0.717, 1.165) is 74.3 Å². The lowest BCUT2D eigenvalue weighted by molar-refractivity contribution is 0.208. The van der Waals surface area contributed by atoms with Crippen molar-refractivity contribution < 1.29 is 14.2 Å². The highest BCUT2D eigenvalue weighted by Crippen LogP contribution is 2.36. The van der Waals surface area contributed by atoms with Gasteiger partial charge in [-0.2, -0.15) is 4.98 Å². The first-order valence-electron chi connectivity index (χ1n) is 14.6. The summed E-state index contributed by atoms with van der Waals surface area (Å²) in [4.78, 5) is 13.5. The molecule has 0 bridgehead atoms. The first kappa shape index (κ1) is 27.2. The highest BCUT2D eigenvalue weighted by atomic mass is 19.1. The van der Waals surface area contributed by atoms with Gasteiger partial charge in [0.15, 0.2) is 6.23 Å². The van der Waals surface area contributed by atoms with Crippen LogP contribution >= 0.6 is 0 Å². The molecule has 0 aliphatic carbocycles. The number of aliphatic hydroxyl groups excluding tert-OH is 1. The van der Waals surface area contributed by atoms with Crippen molar-refractivity contribution in [1.29, 1.82) is 0 Å². The molecule has 3 heterocycles. The van der Waals surface area contributed by atoms with E-state index in [1.807, 2.05) is 42.5 Å². The smallest absolute Gasteiger partial charge is 0.226 e. The molecule has 1 atom stereocenters. The molecule has 9 heteroatoms. The second-order valence-corrected chi connectivity index (χ2v) is 10.8. The number of hydrogen-bond donors (Lipinski definition) is 3. The SMILES string of the molecule is OC(Nc1ccc(Oc2ccnc(NCCN3CCCC3)n2)c2ccccc12)c1cc(F)cc(N2CCCCC2)c1. The van der Waals surface area contributed by atoms with Crippen LogP contribution in [-0.2, 0) is 0 Å². The van der Waals surface area contributed by atoms with E-state index >= 15 is 0 Å². The molecule has 0 amide bonds. The zero-order valence-corrected chi connectivity index (χ0v) is 23.2. The maximum Gasteiger partial charge on any atom is 0.226 e. The standard InChI is InChI=1S/C32H37FN6O2/c33-24-20-23(21-25(22-24)39-17-4-1-5-18-39)31(40)36-28-10-11-29(27-9-3-2-8-26(27)28)41-30-12-13-34-32(37-30)35-14-19-38-15-6-7-16-38/h2-3,8-13,20-22,31,36,40H,1,4-7,14-19H2,(H,34,35,37). The Morgan fingerprint density at radius 1 is 0.902 bits per heavy atom. The zero-order valence-electron chi connectivity index (χ0n) is 23.2. The Kier molecular flexibility index (Phi) is 8.44. The van der Waals surface area contributed by atoms with Crippen LogP contribution in [0, 0.1) is 5.82 Å². The Morgan fingerprint density at radius 3 is 2.51 bits per heavy atom. The minimum atomic E-state index is -1.08. The summed E-state index contributed by atoms with van der Waals surface area (Å²) in [5.41, 5.74) is 2.01. The molecular weight excluding hydrogens is 519 g/mol. The van der Waals surface area contributed by atoms with Crippen LogP contribution in [0.1, 0.15) is 43.9 Å². The van der Waals surface area contributed by atoms with E-state index < -0.39 is 6.23 Å². The fraction of sp³-hybridized carbons (Fsp3) is 0.375. The Hall–Kier alpha value is -3.95. The van der Waals surface area contributed by atoms with E-state index in [9.17, 15) is 9.50 Å². The van der Waals surface area contributed by atoms with Crippen LogP contribution in [0.2, 0.25) is 0 Å². The number of anilines is 3. The number of nitrogens with zero attached hydrogens (tertiary/aromatic N) is 4. The summed E-state index contributed by atoms with van der Waals surface area (Å²) < 4.78 is 20.8. The van der Waals surface area contributed by atoms with Crippen molar-refractivity contribution in [3.8, 4) is 11.6 Å². The number of aromatic nitrogens is 2. The van der Waals surface area contributed by atoms with Gasteiger partial charge in [-0.1, -0.05) is 24.3 Å². The maximum atomic E-state index is 14.6. The molecule has 2 aliphatic rings. The largest absolute Gasteiger partial charge is 0.438 e. The van der Waals surface area contributed by atoms with Gasteiger partial charge >= 0.3 is 0 Å². The third kappa shape index (κ3) is 6.69. The fourth-order valence-corrected chi connectivity index (χ4v) is 5.73. The third-order valence-corrected chi connectivity index (χ3v) is 7.87. The number of nitrogens with one attached hydrogen (secondary N) is 2. The number of likely N-dealkylation sites (tertiary alicyclic amines) is 1. The lowest BCUT2D eigenvalue weighted by atomic mass is 10.1. The lowest BCUT2D eigenvalue weighted by Crippen LogP contribution is -2.29. The van der Waals surface area contributed by atoms with E-state index in [2.05, 4.69) is 30.4 Å². The first-order chi connectivity index (χ1) is 20.1. The van der Waals surface area contributed by atoms with Crippen molar-refractivity contribution in [2.45, 2.75) is 38.3 Å². The Bertz CT molecular complexity index is 1470. The van der Waals surface area contributed by atoms with Gasteiger partial charge in [-0.3, -0.25) is 0 Å². The summed E-state index contributed by atoms with van der Waals surface area (Å²) in [6.45, 7) is 5.86. The summed E-state index contributed by atoms with van der Waals surface area (Å²) in [5.74, 6) is 1.26. The number of hydrogen-bond acceptors (Lipinski definition) is 8. The van der Waals surface area contributed by atoms with Gasteiger partial charge in [-0.15, -0.1) is 0 Å². The predicted molar refractivity (Wildman–Crippen MR) is 161 cm³/mol. The average molecular weight is 557 g/mol. The quantitative estimate of drug-likeness (QED) is 0.200. The summed E-state index contributed by atoms with van der Waals surface area (Å²) in [6, 6.07) is 18.1. The molecule has 1 unspecified atom stereocenters. The Labute approximate surface area is 240 Å². The molecule has 4 aromatic rings. The molecule has 0 spiro atoms. The molecule has 3 N–H and O–H groups in total. The van der Waals surface area contributed by atoms with Crippen molar-refractivity contribution >= 4 is 28.1 Å². The molecule has 2 fully saturated rings. The van der Waals surface area contributed by atoms with Crippen molar-refractivity contribution in [2.75, 3.05) is 54.8 Å². The van der Waals surface area contributed by atoms with E-state index in [-0.39, 0.29) is 5.82 Å². The average Bonchev–Trinajstić information content (AvgIpc) is 3.52. The van der Waals surface area contributed by atoms with Gasteiger partial charge < -0.3 is 30.3 Å². The molecular formula is C32H37FN6O2. The van der Waals surface area contributed by atoms with Gasteiger partial charge in [0.25, 0.3) is 0 Å². The van der Waals surface area contributed by atoms with Crippen LogP contribution in [0.25, 0.3) is 10.8 Å². The van der Waals surface area contributed by atoms with Crippen LogP contribution in [-0.4, -0.2) is 59.2 Å². The number of halogens is 1.